The van der Waals surface area contributed by atoms with Crippen LogP contribution in [-0.4, -0.2) is 81.9 Å². The second-order valence-corrected chi connectivity index (χ2v) is 12.3. The summed E-state index contributed by atoms with van der Waals surface area (Å²) in [6, 6.07) is 17.9. The van der Waals surface area contributed by atoms with E-state index in [9.17, 15) is 24.0 Å². The Morgan fingerprint density at radius 2 is 1.79 bits per heavy atom. The molecule has 246 valence electrons. The molecule has 17 heteroatoms. The number of carbonyl (C=O) groups is 5. The summed E-state index contributed by atoms with van der Waals surface area (Å²) in [5, 5.41) is 11.1. The van der Waals surface area contributed by atoms with Crippen LogP contribution in [0.15, 0.2) is 71.2 Å². The molecule has 0 saturated carbocycles. The first-order chi connectivity index (χ1) is 22.7. The zero-order valence-electron chi connectivity index (χ0n) is 25.0. The van der Waals surface area contributed by atoms with Crippen LogP contribution in [-0.2, 0) is 43.1 Å². The number of hydroxylamine groups is 2. The quantitative estimate of drug-likeness (QED) is 0.0934. The molecule has 2 aromatic carbocycles. The summed E-state index contributed by atoms with van der Waals surface area (Å²) in [5.74, 6) is -4.34. The van der Waals surface area contributed by atoms with Crippen LogP contribution in [0.2, 0.25) is 0 Å². The van der Waals surface area contributed by atoms with E-state index in [0.29, 0.717) is 16.2 Å². The lowest BCUT2D eigenvalue weighted by molar-refractivity contribution is -0.260. The summed E-state index contributed by atoms with van der Waals surface area (Å²) in [4.78, 5) is 78.9. The Kier molecular flexibility index (Phi) is 10.4. The van der Waals surface area contributed by atoms with Gasteiger partial charge >= 0.3 is 17.7 Å². The van der Waals surface area contributed by atoms with E-state index >= 15 is 0 Å². The topological polar surface area (TPSA) is 175 Å². The highest BCUT2D eigenvalue weighted by atomic mass is 35.5. The van der Waals surface area contributed by atoms with Gasteiger partial charge in [-0.05, 0) is 17.4 Å². The van der Waals surface area contributed by atoms with Gasteiger partial charge in [-0.2, -0.15) is 5.06 Å². The van der Waals surface area contributed by atoms with E-state index in [0.717, 1.165) is 23.1 Å². The zero-order valence-corrected chi connectivity index (χ0v) is 27.4. The predicted octanol–water partition coefficient (Wildman–Crippen LogP) is 2.99. The summed E-state index contributed by atoms with van der Waals surface area (Å²) < 4.78 is 11.5. The highest BCUT2D eigenvalue weighted by molar-refractivity contribution is 8.00. The number of oxime groups is 1. The number of halogens is 1. The molecule has 3 aromatic rings. The Labute approximate surface area is 281 Å². The van der Waals surface area contributed by atoms with Gasteiger partial charge in [-0.15, -0.1) is 34.7 Å². The van der Waals surface area contributed by atoms with Crippen LogP contribution >= 0.6 is 34.7 Å². The molecule has 3 amide bonds. The summed E-state index contributed by atoms with van der Waals surface area (Å²) in [5.41, 5.74) is -1.26. The number of hydrogen-bond donors (Lipinski definition) is 2. The van der Waals surface area contributed by atoms with E-state index in [1.807, 2.05) is 12.1 Å². The molecule has 2 atom stereocenters. The number of rotatable bonds is 12. The maximum atomic E-state index is 14.1. The number of carbonyl (C=O) groups excluding carboxylic acids is 5. The highest BCUT2D eigenvalue weighted by Gasteiger charge is 2.64. The van der Waals surface area contributed by atoms with Gasteiger partial charge in [-0.1, -0.05) is 65.8 Å². The van der Waals surface area contributed by atoms with E-state index in [1.165, 1.54) is 12.5 Å². The average molecular weight is 702 g/mol. The number of ether oxygens (including phenoxy) is 2. The fourth-order valence-corrected chi connectivity index (χ4v) is 6.24. The Bertz CT molecular complexity index is 1650. The van der Waals surface area contributed by atoms with Gasteiger partial charge in [0.1, 0.15) is 25.3 Å². The maximum Gasteiger partial charge on any atom is 0.376 e. The lowest BCUT2D eigenvalue weighted by Gasteiger charge is -2.34. The van der Waals surface area contributed by atoms with Gasteiger partial charge in [0.05, 0.1) is 6.42 Å². The minimum absolute atomic E-state index is 0.0383. The first-order valence-electron chi connectivity index (χ1n) is 14.0. The molecule has 0 spiro atoms. The van der Waals surface area contributed by atoms with Crippen LogP contribution in [0.1, 0.15) is 35.8 Å². The lowest BCUT2D eigenvalue weighted by Crippen LogP contribution is -2.61. The summed E-state index contributed by atoms with van der Waals surface area (Å²) >= 11 is 7.47. The van der Waals surface area contributed by atoms with Gasteiger partial charge in [0.15, 0.2) is 21.8 Å². The molecule has 3 heterocycles. The minimum atomic E-state index is -2.27. The largest absolute Gasteiger partial charge is 0.448 e. The number of esters is 2. The van der Waals surface area contributed by atoms with Gasteiger partial charge < -0.3 is 24.9 Å². The minimum Gasteiger partial charge on any atom is -0.448 e. The van der Waals surface area contributed by atoms with Gasteiger partial charge in [-0.25, -0.2) is 9.78 Å². The molecule has 2 fully saturated rings. The number of cyclic esters (lactones) is 1. The second kappa shape index (κ2) is 14.5. The Hall–Kier alpha value is -4.51. The van der Waals surface area contributed by atoms with Crippen molar-refractivity contribution < 1.29 is 43.1 Å². The van der Waals surface area contributed by atoms with E-state index in [1.54, 1.807) is 54.8 Å². The smallest absolute Gasteiger partial charge is 0.376 e. The normalized spacial score (nSPS) is 21.0. The molecule has 47 heavy (non-hydrogen) atoms. The van der Waals surface area contributed by atoms with Crippen molar-refractivity contribution in [2.24, 2.45) is 5.16 Å². The summed E-state index contributed by atoms with van der Waals surface area (Å²) in [6.45, 7) is -0.444. The zero-order chi connectivity index (χ0) is 33.6. The van der Waals surface area contributed by atoms with Crippen LogP contribution in [0.4, 0.5) is 5.13 Å². The third kappa shape index (κ3) is 6.95. The van der Waals surface area contributed by atoms with Crippen molar-refractivity contribution in [3.8, 4) is 0 Å². The molecule has 2 aliphatic heterocycles. The van der Waals surface area contributed by atoms with Crippen molar-refractivity contribution in [2.45, 2.75) is 29.5 Å². The van der Waals surface area contributed by atoms with Crippen molar-refractivity contribution in [1.82, 2.24) is 15.4 Å². The molecule has 2 unspecified atom stereocenters. The summed E-state index contributed by atoms with van der Waals surface area (Å²) in [7, 11) is 1.22. The molecule has 1 aromatic heterocycles. The van der Waals surface area contributed by atoms with E-state index in [4.69, 9.17) is 30.7 Å². The highest BCUT2D eigenvalue weighted by Crippen LogP contribution is 2.41. The first-order valence-corrected chi connectivity index (χ1v) is 16.6. The fourth-order valence-electron chi connectivity index (χ4n) is 4.84. The molecular formula is C30H28ClN5O9S2. The molecule has 14 nitrogen and oxygen atoms in total. The number of amides is 3. The van der Waals surface area contributed by atoms with Gasteiger partial charge in [0.2, 0.25) is 5.91 Å². The van der Waals surface area contributed by atoms with E-state index < -0.39 is 53.0 Å². The van der Waals surface area contributed by atoms with Gasteiger partial charge in [0.25, 0.3) is 11.8 Å². The number of anilines is 1. The van der Waals surface area contributed by atoms with Crippen molar-refractivity contribution in [3.05, 3.63) is 82.9 Å². The predicted molar refractivity (Wildman–Crippen MR) is 171 cm³/mol. The molecule has 2 saturated heterocycles. The number of benzene rings is 2. The Morgan fingerprint density at radius 1 is 1.13 bits per heavy atom. The Balaban J connectivity index is 1.41. The summed E-state index contributed by atoms with van der Waals surface area (Å²) in [6.07, 6.45) is 0.192. The number of hydrogen-bond acceptors (Lipinski definition) is 13. The Morgan fingerprint density at radius 3 is 2.34 bits per heavy atom. The van der Waals surface area contributed by atoms with Crippen molar-refractivity contribution in [1.29, 1.82) is 0 Å². The van der Waals surface area contributed by atoms with Gasteiger partial charge in [0, 0.05) is 11.8 Å². The standard InChI is InChI=1S/C30H28ClN5O9S2/c1-42-35-23(20-16-47-28(32-20)33-21(37)15-31)25(39)34-29(46-2)17-43-36(26(29)40)30(14-13-22(38)45-30)27(41)44-24(18-9-5-3-6-10-18)19-11-7-4-8-12-19/h3-12,16,24H,13-15,17H2,1-2H3,(H,34,39)(H,32,33,37)/b35-23-. The SMILES string of the molecule is CO/N=C(\C(=O)NC1(SC)CON(C2(C(=O)OC(c3ccccc3)c3ccccc3)CCC(=O)O2)C1=O)c1csc(NC(=O)CCl)n1. The van der Waals surface area contributed by atoms with Crippen molar-refractivity contribution in [2.75, 3.05) is 31.2 Å². The molecule has 0 bridgehead atoms. The van der Waals surface area contributed by atoms with Crippen LogP contribution < -0.4 is 10.6 Å². The number of nitrogens with zero attached hydrogens (tertiary/aromatic N) is 3. The monoisotopic (exact) mass is 701 g/mol. The third-order valence-corrected chi connectivity index (χ3v) is 9.22. The number of alkyl halides is 1. The molecule has 0 aliphatic carbocycles. The average Bonchev–Trinajstić information content (AvgIpc) is 3.81. The number of thiazole rings is 1. The van der Waals surface area contributed by atoms with Crippen LogP contribution in [0.3, 0.4) is 0 Å². The van der Waals surface area contributed by atoms with E-state index in [-0.39, 0.29) is 35.3 Å². The number of aromatic nitrogens is 1. The van der Waals surface area contributed by atoms with E-state index in [2.05, 4.69) is 20.8 Å². The molecule has 2 aliphatic rings. The van der Waals surface area contributed by atoms with Crippen molar-refractivity contribution >= 4 is 75.2 Å². The van der Waals surface area contributed by atoms with Crippen LogP contribution in [0.5, 0.6) is 0 Å². The number of nitrogens with one attached hydrogen (secondary N) is 2. The van der Waals surface area contributed by atoms with Crippen molar-refractivity contribution in [3.63, 3.8) is 0 Å². The fraction of sp³-hybridized carbons (Fsp3) is 0.300. The van der Waals surface area contributed by atoms with Crippen LogP contribution in [0.25, 0.3) is 0 Å². The first kappa shape index (κ1) is 33.8. The maximum absolute atomic E-state index is 14.1. The van der Waals surface area contributed by atoms with Gasteiger partial charge in [-0.3, -0.25) is 24.0 Å². The lowest BCUT2D eigenvalue weighted by atomic mass is 10.0. The number of thioether (sulfide) groups is 1. The molecule has 0 radical (unpaired) electrons. The van der Waals surface area contributed by atoms with Crippen LogP contribution in [0, 0.1) is 0 Å². The molecule has 5 rings (SSSR count). The molecule has 2 N–H and O–H groups in total. The third-order valence-electron chi connectivity index (χ3n) is 7.13. The molecular weight excluding hydrogens is 674 g/mol. The second-order valence-electron chi connectivity index (χ2n) is 10.1.